The Morgan fingerprint density at radius 3 is 2.71 bits per heavy atom. The van der Waals surface area contributed by atoms with E-state index in [1.807, 2.05) is 24.3 Å². The van der Waals surface area contributed by atoms with Gasteiger partial charge in [-0.15, -0.1) is 24.0 Å². The smallest absolute Gasteiger partial charge is 0.193 e. The van der Waals surface area contributed by atoms with Gasteiger partial charge in [0.25, 0.3) is 0 Å². The van der Waals surface area contributed by atoms with E-state index >= 15 is 0 Å². The number of hydrogen-bond donors (Lipinski definition) is 2. The van der Waals surface area contributed by atoms with Crippen molar-refractivity contribution in [1.29, 1.82) is 0 Å². The van der Waals surface area contributed by atoms with Crippen LogP contribution in [0.15, 0.2) is 29.3 Å². The Morgan fingerprint density at radius 2 is 2.04 bits per heavy atom. The van der Waals surface area contributed by atoms with Crippen LogP contribution in [0.3, 0.4) is 0 Å². The van der Waals surface area contributed by atoms with E-state index in [9.17, 15) is 0 Å². The van der Waals surface area contributed by atoms with Crippen LogP contribution in [0.25, 0.3) is 0 Å². The zero-order valence-corrected chi connectivity index (χ0v) is 17.2. The van der Waals surface area contributed by atoms with Crippen LogP contribution in [-0.4, -0.2) is 44.1 Å². The molecule has 5 nitrogen and oxygen atoms in total. The summed E-state index contributed by atoms with van der Waals surface area (Å²) in [6.45, 7) is 7.21. The van der Waals surface area contributed by atoms with Crippen molar-refractivity contribution in [2.75, 3.05) is 38.6 Å². The van der Waals surface area contributed by atoms with E-state index in [0.29, 0.717) is 12.6 Å². The number of hydrogen-bond acceptors (Lipinski definition) is 3. The predicted octanol–water partition coefficient (Wildman–Crippen LogP) is 3.30. The third kappa shape index (κ3) is 6.94. The van der Waals surface area contributed by atoms with Crippen molar-refractivity contribution in [3.8, 4) is 0 Å². The van der Waals surface area contributed by atoms with Crippen molar-refractivity contribution in [2.24, 2.45) is 16.6 Å². The number of halogens is 1. The molecule has 1 aromatic carbocycles. The van der Waals surface area contributed by atoms with Gasteiger partial charge in [-0.1, -0.05) is 25.1 Å². The quantitative estimate of drug-likeness (QED) is 0.383. The zero-order valence-electron chi connectivity index (χ0n) is 14.8. The summed E-state index contributed by atoms with van der Waals surface area (Å²) in [5.74, 6) is 1.27. The molecule has 0 saturated carbocycles. The summed E-state index contributed by atoms with van der Waals surface area (Å²) < 4.78 is 5.20. The Balaban J connectivity index is 0.00000288. The Kier molecular flexibility index (Phi) is 10.3. The van der Waals surface area contributed by atoms with Gasteiger partial charge >= 0.3 is 0 Å². The molecule has 0 amide bonds. The lowest BCUT2D eigenvalue weighted by atomic mass is 9.94. The molecule has 0 radical (unpaired) electrons. The Morgan fingerprint density at radius 1 is 1.33 bits per heavy atom. The van der Waals surface area contributed by atoms with Crippen LogP contribution >= 0.6 is 24.0 Å². The van der Waals surface area contributed by atoms with Crippen molar-refractivity contribution in [3.05, 3.63) is 29.8 Å². The molecule has 0 spiro atoms. The third-order valence-electron chi connectivity index (χ3n) is 4.55. The molecule has 1 saturated heterocycles. The first-order chi connectivity index (χ1) is 11.2. The number of likely N-dealkylation sites (tertiary alicyclic amines) is 1. The fourth-order valence-electron chi connectivity index (χ4n) is 3.06. The van der Waals surface area contributed by atoms with E-state index in [4.69, 9.17) is 10.5 Å². The molecule has 1 aromatic rings. The Hall–Kier alpha value is -0.860. The van der Waals surface area contributed by atoms with E-state index in [1.165, 1.54) is 32.5 Å². The summed E-state index contributed by atoms with van der Waals surface area (Å²) in [6.07, 6.45) is 3.69. The standard InChI is InChI=1S/C18H30N4O.HI/c1-3-22-12-9-15(10-13-22)8-11-20-18(19)21-17-7-5-4-6-16(17)14-23-2;/h4-7,15H,3,8-14H2,1-2H3,(H3,19,20,21);1H. The monoisotopic (exact) mass is 446 g/mol. The molecule has 0 atom stereocenters. The minimum absolute atomic E-state index is 0. The lowest BCUT2D eigenvalue weighted by Gasteiger charge is -2.30. The number of anilines is 1. The Bertz CT molecular complexity index is 502. The predicted molar refractivity (Wildman–Crippen MR) is 112 cm³/mol. The van der Waals surface area contributed by atoms with Gasteiger partial charge in [0.2, 0.25) is 0 Å². The number of guanidine groups is 1. The average molecular weight is 446 g/mol. The fraction of sp³-hybridized carbons (Fsp3) is 0.611. The number of nitrogens with zero attached hydrogens (tertiary/aromatic N) is 2. The number of benzene rings is 1. The molecule has 136 valence electrons. The Labute approximate surface area is 163 Å². The molecular formula is C18H31IN4O. The van der Waals surface area contributed by atoms with Gasteiger partial charge in [-0.25, -0.2) is 0 Å². The van der Waals surface area contributed by atoms with Crippen molar-refractivity contribution >= 4 is 35.6 Å². The second kappa shape index (κ2) is 11.7. The second-order valence-corrected chi connectivity index (χ2v) is 6.15. The van der Waals surface area contributed by atoms with Crippen LogP contribution in [-0.2, 0) is 11.3 Å². The van der Waals surface area contributed by atoms with Gasteiger partial charge in [0, 0.05) is 24.9 Å². The molecule has 0 aliphatic carbocycles. The number of nitrogens with two attached hydrogens (primary N) is 1. The van der Waals surface area contributed by atoms with Crippen molar-refractivity contribution in [2.45, 2.75) is 32.8 Å². The van der Waals surface area contributed by atoms with Gasteiger partial charge in [-0.2, -0.15) is 0 Å². The SMILES string of the molecule is CCN1CCC(CCN=C(N)Nc2ccccc2COC)CC1.I. The maximum Gasteiger partial charge on any atom is 0.193 e. The largest absolute Gasteiger partial charge is 0.380 e. The number of rotatable bonds is 7. The van der Waals surface area contributed by atoms with Crippen LogP contribution < -0.4 is 11.1 Å². The number of aliphatic imine (C=N–C) groups is 1. The molecule has 0 bridgehead atoms. The third-order valence-corrected chi connectivity index (χ3v) is 4.55. The zero-order chi connectivity index (χ0) is 16.5. The maximum atomic E-state index is 6.02. The minimum atomic E-state index is 0. The van der Waals surface area contributed by atoms with E-state index in [2.05, 4.69) is 22.1 Å². The van der Waals surface area contributed by atoms with Crippen LogP contribution in [0.5, 0.6) is 0 Å². The summed E-state index contributed by atoms with van der Waals surface area (Å²) >= 11 is 0. The molecule has 0 aromatic heterocycles. The highest BCUT2D eigenvalue weighted by Crippen LogP contribution is 2.20. The van der Waals surface area contributed by atoms with Gasteiger partial charge in [0.15, 0.2) is 5.96 Å². The molecule has 0 unspecified atom stereocenters. The second-order valence-electron chi connectivity index (χ2n) is 6.15. The molecule has 2 rings (SSSR count). The van der Waals surface area contributed by atoms with E-state index in [0.717, 1.165) is 30.1 Å². The summed E-state index contributed by atoms with van der Waals surface area (Å²) in [5.41, 5.74) is 8.07. The summed E-state index contributed by atoms with van der Waals surface area (Å²) in [5, 5.41) is 3.19. The number of piperidine rings is 1. The van der Waals surface area contributed by atoms with Crippen molar-refractivity contribution in [3.63, 3.8) is 0 Å². The van der Waals surface area contributed by atoms with Crippen molar-refractivity contribution < 1.29 is 4.74 Å². The van der Waals surface area contributed by atoms with Crippen LogP contribution in [0.2, 0.25) is 0 Å². The van der Waals surface area contributed by atoms with E-state index in [-0.39, 0.29) is 24.0 Å². The molecule has 1 heterocycles. The molecule has 3 N–H and O–H groups in total. The molecule has 1 aliphatic heterocycles. The highest BCUT2D eigenvalue weighted by molar-refractivity contribution is 14.0. The number of ether oxygens (including phenoxy) is 1. The van der Waals surface area contributed by atoms with Gasteiger partial charge < -0.3 is 20.7 Å². The average Bonchev–Trinajstić information content (AvgIpc) is 2.57. The number of para-hydroxylation sites is 1. The number of methoxy groups -OCH3 is 1. The topological polar surface area (TPSA) is 62.9 Å². The first-order valence-corrected chi connectivity index (χ1v) is 8.59. The van der Waals surface area contributed by atoms with E-state index in [1.54, 1.807) is 7.11 Å². The van der Waals surface area contributed by atoms with Crippen LogP contribution in [0.1, 0.15) is 31.7 Å². The van der Waals surface area contributed by atoms with Gasteiger partial charge in [-0.3, -0.25) is 4.99 Å². The lowest BCUT2D eigenvalue weighted by molar-refractivity contribution is 0.185. The molecule has 6 heteroatoms. The summed E-state index contributed by atoms with van der Waals surface area (Å²) in [6, 6.07) is 8.00. The van der Waals surface area contributed by atoms with Crippen LogP contribution in [0.4, 0.5) is 5.69 Å². The molecule has 24 heavy (non-hydrogen) atoms. The normalized spacial score (nSPS) is 16.7. The highest BCUT2D eigenvalue weighted by Gasteiger charge is 2.17. The number of nitrogens with one attached hydrogen (secondary N) is 1. The van der Waals surface area contributed by atoms with Gasteiger partial charge in [0.05, 0.1) is 6.61 Å². The first kappa shape index (κ1) is 21.2. The highest BCUT2D eigenvalue weighted by atomic mass is 127. The van der Waals surface area contributed by atoms with Gasteiger partial charge in [-0.05, 0) is 50.9 Å². The fourth-order valence-corrected chi connectivity index (χ4v) is 3.06. The maximum absolute atomic E-state index is 6.02. The van der Waals surface area contributed by atoms with E-state index < -0.39 is 0 Å². The molecule has 1 fully saturated rings. The molecule has 1 aliphatic rings. The van der Waals surface area contributed by atoms with Crippen molar-refractivity contribution in [1.82, 2.24) is 4.90 Å². The van der Waals surface area contributed by atoms with Gasteiger partial charge in [0.1, 0.15) is 0 Å². The first-order valence-electron chi connectivity index (χ1n) is 8.59. The van der Waals surface area contributed by atoms with Crippen LogP contribution in [0, 0.1) is 5.92 Å². The lowest BCUT2D eigenvalue weighted by Crippen LogP contribution is -2.33. The molecular weight excluding hydrogens is 415 g/mol. The summed E-state index contributed by atoms with van der Waals surface area (Å²) in [7, 11) is 1.69. The summed E-state index contributed by atoms with van der Waals surface area (Å²) in [4.78, 5) is 7.00. The minimum Gasteiger partial charge on any atom is -0.380 e.